The Morgan fingerprint density at radius 2 is 2.04 bits per heavy atom. The van der Waals surface area contributed by atoms with Crippen LogP contribution in [0.3, 0.4) is 0 Å². The van der Waals surface area contributed by atoms with E-state index in [2.05, 4.69) is 6.92 Å². The summed E-state index contributed by atoms with van der Waals surface area (Å²) in [6.45, 7) is 2.09. The molecule has 5 heteroatoms. The van der Waals surface area contributed by atoms with Gasteiger partial charge in [-0.3, -0.25) is 9.59 Å². The molecule has 1 aliphatic carbocycles. The van der Waals surface area contributed by atoms with E-state index in [-0.39, 0.29) is 36.6 Å². The zero-order valence-corrected chi connectivity index (χ0v) is 15.1. The van der Waals surface area contributed by atoms with Gasteiger partial charge in [-0.2, -0.15) is 0 Å². The molecule has 0 aromatic heterocycles. The Bertz CT molecular complexity index is 469. The van der Waals surface area contributed by atoms with Crippen LogP contribution in [0.2, 0.25) is 0 Å². The summed E-state index contributed by atoms with van der Waals surface area (Å²) >= 11 is 0. The van der Waals surface area contributed by atoms with Crippen molar-refractivity contribution in [3.63, 3.8) is 0 Å². The molecular weight excluding hydrogens is 320 g/mol. The number of hydrogen-bond acceptors (Lipinski definition) is 4. The van der Waals surface area contributed by atoms with Crippen LogP contribution in [0, 0.1) is 11.8 Å². The molecule has 0 bridgehead atoms. The third kappa shape index (κ3) is 8.45. The van der Waals surface area contributed by atoms with Gasteiger partial charge in [-0.1, -0.05) is 44.1 Å². The van der Waals surface area contributed by atoms with Gasteiger partial charge in [0.05, 0.1) is 12.2 Å². The molecule has 0 saturated heterocycles. The van der Waals surface area contributed by atoms with E-state index in [1.54, 1.807) is 0 Å². The zero-order valence-electron chi connectivity index (χ0n) is 15.1. The van der Waals surface area contributed by atoms with Crippen molar-refractivity contribution in [2.75, 3.05) is 0 Å². The van der Waals surface area contributed by atoms with E-state index >= 15 is 0 Å². The van der Waals surface area contributed by atoms with Crippen LogP contribution in [-0.4, -0.2) is 39.3 Å². The molecule has 25 heavy (non-hydrogen) atoms. The van der Waals surface area contributed by atoms with Gasteiger partial charge in [0.25, 0.3) is 0 Å². The molecule has 1 aliphatic rings. The molecule has 1 fully saturated rings. The zero-order chi connectivity index (χ0) is 18.7. The number of carboxylic acid groups (broad SMARTS) is 1. The molecule has 0 radical (unpaired) electrons. The van der Waals surface area contributed by atoms with Crippen molar-refractivity contribution in [1.82, 2.24) is 0 Å². The number of Topliss-reactive ketones (excluding diaryl/α,β-unsaturated/α-hetero) is 1. The average Bonchev–Trinajstić information content (AvgIpc) is 2.82. The molecule has 1 saturated carbocycles. The van der Waals surface area contributed by atoms with Crippen LogP contribution in [0.15, 0.2) is 24.3 Å². The summed E-state index contributed by atoms with van der Waals surface area (Å²) in [6.07, 6.45) is 12.1. The van der Waals surface area contributed by atoms with Crippen molar-refractivity contribution >= 4 is 11.8 Å². The quantitative estimate of drug-likeness (QED) is 0.370. The second-order valence-corrected chi connectivity index (χ2v) is 6.87. The Kier molecular flexibility index (Phi) is 10.3. The number of carbonyl (C=O) groups is 2. The lowest BCUT2D eigenvalue weighted by Crippen LogP contribution is -2.18. The van der Waals surface area contributed by atoms with Crippen LogP contribution in [-0.2, 0) is 9.59 Å². The highest BCUT2D eigenvalue weighted by atomic mass is 16.4. The molecule has 3 N–H and O–H groups in total. The number of ketones is 1. The second-order valence-electron chi connectivity index (χ2n) is 6.87. The number of allylic oxidation sites excluding steroid dienone is 2. The van der Waals surface area contributed by atoms with Crippen molar-refractivity contribution in [2.24, 2.45) is 11.8 Å². The highest BCUT2D eigenvalue weighted by Crippen LogP contribution is 2.33. The first-order valence-corrected chi connectivity index (χ1v) is 9.38. The fourth-order valence-corrected chi connectivity index (χ4v) is 3.21. The summed E-state index contributed by atoms with van der Waals surface area (Å²) in [5.41, 5.74) is 0. The minimum absolute atomic E-state index is 0.0730. The monoisotopic (exact) mass is 352 g/mol. The van der Waals surface area contributed by atoms with E-state index in [1.807, 2.05) is 24.3 Å². The number of carboxylic acids is 1. The van der Waals surface area contributed by atoms with Crippen molar-refractivity contribution in [1.29, 1.82) is 0 Å². The topological polar surface area (TPSA) is 94.8 Å². The molecule has 1 rings (SSSR count). The fraction of sp³-hybridized carbons (Fsp3) is 0.700. The lowest BCUT2D eigenvalue weighted by molar-refractivity contribution is -0.137. The van der Waals surface area contributed by atoms with Gasteiger partial charge in [0, 0.05) is 24.7 Å². The Hall–Kier alpha value is -1.46. The molecule has 0 amide bonds. The van der Waals surface area contributed by atoms with E-state index in [4.69, 9.17) is 5.11 Å². The fourth-order valence-electron chi connectivity index (χ4n) is 3.21. The van der Waals surface area contributed by atoms with Gasteiger partial charge in [0.1, 0.15) is 5.78 Å². The molecular formula is C20H32O5. The number of unbranched alkanes of at least 4 members (excludes halogenated alkanes) is 2. The molecule has 142 valence electrons. The highest BCUT2D eigenvalue weighted by molar-refractivity contribution is 5.84. The van der Waals surface area contributed by atoms with Crippen molar-refractivity contribution in [2.45, 2.75) is 76.9 Å². The number of hydrogen-bond donors (Lipinski definition) is 3. The van der Waals surface area contributed by atoms with Crippen molar-refractivity contribution in [3.05, 3.63) is 24.3 Å². The van der Waals surface area contributed by atoms with Crippen LogP contribution in [0.4, 0.5) is 0 Å². The van der Waals surface area contributed by atoms with Gasteiger partial charge < -0.3 is 15.3 Å². The summed E-state index contributed by atoms with van der Waals surface area (Å²) in [5, 5.41) is 28.6. The predicted molar refractivity (Wildman–Crippen MR) is 97.1 cm³/mol. The maximum atomic E-state index is 12.1. The number of carbonyl (C=O) groups excluding carboxylic acids is 1. The molecule has 5 nitrogen and oxygen atoms in total. The van der Waals surface area contributed by atoms with Gasteiger partial charge >= 0.3 is 5.97 Å². The standard InChI is InChI=1S/C20H32O5/c1-2-3-9-15(21)10-8-12-17-16(18(22)14-19(17)23)11-6-4-5-7-13-20(24)25/h4,6,8,12,15-17,19,21,23H,2-3,5,7,9-11,13-14H2,1H3,(H,24,25)/t15?,16-,17-,19?/m1/s1. The average molecular weight is 352 g/mol. The minimum atomic E-state index is -0.797. The van der Waals surface area contributed by atoms with Gasteiger partial charge in [-0.05, 0) is 32.1 Å². The number of aliphatic hydroxyl groups is 2. The molecule has 0 spiro atoms. The van der Waals surface area contributed by atoms with Gasteiger partial charge in [-0.25, -0.2) is 0 Å². The van der Waals surface area contributed by atoms with E-state index in [0.29, 0.717) is 25.7 Å². The maximum absolute atomic E-state index is 12.1. The van der Waals surface area contributed by atoms with E-state index in [0.717, 1.165) is 19.3 Å². The molecule has 0 aliphatic heterocycles. The van der Waals surface area contributed by atoms with Crippen LogP contribution >= 0.6 is 0 Å². The van der Waals surface area contributed by atoms with Crippen LogP contribution in [0.1, 0.15) is 64.7 Å². The smallest absolute Gasteiger partial charge is 0.303 e. The SMILES string of the molecule is CCCCC(O)CC=C[C@H]1C(O)CC(=O)[C@@H]1CC=CCCCC(=O)O. The molecule has 2 unspecified atom stereocenters. The first kappa shape index (κ1) is 21.6. The number of rotatable bonds is 12. The molecule has 0 aromatic rings. The Morgan fingerprint density at radius 3 is 2.72 bits per heavy atom. The Labute approximate surface area is 150 Å². The first-order chi connectivity index (χ1) is 12.0. The van der Waals surface area contributed by atoms with Crippen LogP contribution in [0.5, 0.6) is 0 Å². The highest BCUT2D eigenvalue weighted by Gasteiger charge is 2.38. The molecule has 0 heterocycles. The normalized spacial score (nSPS) is 25.2. The van der Waals surface area contributed by atoms with E-state index < -0.39 is 12.1 Å². The van der Waals surface area contributed by atoms with Crippen molar-refractivity contribution in [3.8, 4) is 0 Å². The first-order valence-electron chi connectivity index (χ1n) is 9.38. The lowest BCUT2D eigenvalue weighted by atomic mass is 9.90. The van der Waals surface area contributed by atoms with Crippen LogP contribution < -0.4 is 0 Å². The summed E-state index contributed by atoms with van der Waals surface area (Å²) in [5.74, 6) is -1.15. The second kappa shape index (κ2) is 12.0. The number of aliphatic carboxylic acids is 1. The summed E-state index contributed by atoms with van der Waals surface area (Å²) in [4.78, 5) is 22.5. The molecule has 4 atom stereocenters. The van der Waals surface area contributed by atoms with Crippen molar-refractivity contribution < 1.29 is 24.9 Å². The van der Waals surface area contributed by atoms with Crippen LogP contribution in [0.25, 0.3) is 0 Å². The lowest BCUT2D eigenvalue weighted by Gasteiger charge is -2.16. The summed E-state index contributed by atoms with van der Waals surface area (Å²) < 4.78 is 0. The summed E-state index contributed by atoms with van der Waals surface area (Å²) in [7, 11) is 0. The predicted octanol–water partition coefficient (Wildman–Crippen LogP) is 3.25. The van der Waals surface area contributed by atoms with E-state index in [1.165, 1.54) is 0 Å². The third-order valence-electron chi connectivity index (χ3n) is 4.71. The van der Waals surface area contributed by atoms with Gasteiger partial charge in [-0.15, -0.1) is 0 Å². The minimum Gasteiger partial charge on any atom is -0.481 e. The third-order valence-corrected chi connectivity index (χ3v) is 4.71. The number of aliphatic hydroxyl groups excluding tert-OH is 2. The van der Waals surface area contributed by atoms with Gasteiger partial charge in [0.2, 0.25) is 0 Å². The largest absolute Gasteiger partial charge is 0.481 e. The Balaban J connectivity index is 2.45. The Morgan fingerprint density at radius 1 is 1.28 bits per heavy atom. The molecule has 0 aromatic carbocycles. The maximum Gasteiger partial charge on any atom is 0.303 e. The van der Waals surface area contributed by atoms with E-state index in [9.17, 15) is 19.8 Å². The summed E-state index contributed by atoms with van der Waals surface area (Å²) in [6, 6.07) is 0. The van der Waals surface area contributed by atoms with Gasteiger partial charge in [0.15, 0.2) is 0 Å².